The fourth-order valence-electron chi connectivity index (χ4n) is 4.36. The molecule has 39 heavy (non-hydrogen) atoms. The topological polar surface area (TPSA) is 92.9 Å². The number of aromatic hydroxyl groups is 1. The number of ether oxygens (including phenoxy) is 1. The van der Waals surface area contributed by atoms with Crippen LogP contribution >= 0.6 is 0 Å². The van der Waals surface area contributed by atoms with Crippen LogP contribution in [-0.4, -0.2) is 34.9 Å². The maximum absolute atomic E-state index is 12.6. The van der Waals surface area contributed by atoms with E-state index in [1.165, 1.54) is 19.2 Å². The van der Waals surface area contributed by atoms with Crippen LogP contribution in [0.4, 0.5) is 0 Å². The molecule has 1 amide bonds. The number of nitrogens with zero attached hydrogens (tertiary/aromatic N) is 2. The molecule has 0 aliphatic rings. The Bertz CT molecular complexity index is 1640. The SMILES string of the molecule is COC(=O)c1ccc(-n2c(-c3ccccc3)cc(C=NNC(=O)c3ccccc3O)c2-c2ccccc2)cc1. The van der Waals surface area contributed by atoms with Gasteiger partial charge in [-0.15, -0.1) is 0 Å². The summed E-state index contributed by atoms with van der Waals surface area (Å²) in [5.41, 5.74) is 8.34. The molecule has 1 aromatic heterocycles. The van der Waals surface area contributed by atoms with Crippen LogP contribution < -0.4 is 5.43 Å². The summed E-state index contributed by atoms with van der Waals surface area (Å²) in [4.78, 5) is 24.7. The monoisotopic (exact) mass is 515 g/mol. The zero-order chi connectivity index (χ0) is 27.2. The molecule has 0 bridgehead atoms. The van der Waals surface area contributed by atoms with Gasteiger partial charge in [0, 0.05) is 11.3 Å². The Hall–Kier alpha value is -5.43. The van der Waals surface area contributed by atoms with Crippen molar-refractivity contribution in [1.82, 2.24) is 9.99 Å². The van der Waals surface area contributed by atoms with Crippen LogP contribution in [0.15, 0.2) is 120 Å². The van der Waals surface area contributed by atoms with E-state index in [2.05, 4.69) is 15.1 Å². The zero-order valence-electron chi connectivity index (χ0n) is 21.1. The number of rotatable bonds is 7. The van der Waals surface area contributed by atoms with E-state index in [1.807, 2.05) is 78.9 Å². The molecule has 7 nitrogen and oxygen atoms in total. The van der Waals surface area contributed by atoms with Gasteiger partial charge in [0.05, 0.1) is 35.8 Å². The van der Waals surface area contributed by atoms with Gasteiger partial charge in [-0.05, 0) is 53.6 Å². The summed E-state index contributed by atoms with van der Waals surface area (Å²) in [6.45, 7) is 0. The van der Waals surface area contributed by atoms with Gasteiger partial charge in [-0.25, -0.2) is 10.2 Å². The number of benzene rings is 4. The van der Waals surface area contributed by atoms with E-state index >= 15 is 0 Å². The van der Waals surface area contributed by atoms with Gasteiger partial charge in [0.2, 0.25) is 0 Å². The Morgan fingerprint density at radius 3 is 2.08 bits per heavy atom. The average Bonchev–Trinajstić information content (AvgIpc) is 3.37. The highest BCUT2D eigenvalue weighted by Crippen LogP contribution is 2.35. The largest absolute Gasteiger partial charge is 0.507 e. The first-order chi connectivity index (χ1) is 19.1. The van der Waals surface area contributed by atoms with E-state index in [0.717, 1.165) is 33.8 Å². The van der Waals surface area contributed by atoms with Crippen molar-refractivity contribution in [2.24, 2.45) is 5.10 Å². The summed E-state index contributed by atoms with van der Waals surface area (Å²) in [6.07, 6.45) is 1.59. The Labute approximate surface area is 225 Å². The maximum atomic E-state index is 12.6. The number of nitrogens with one attached hydrogen (secondary N) is 1. The van der Waals surface area contributed by atoms with Gasteiger partial charge < -0.3 is 14.4 Å². The Morgan fingerprint density at radius 1 is 0.821 bits per heavy atom. The molecule has 0 saturated carbocycles. The number of carbonyl (C=O) groups excluding carboxylic acids is 2. The summed E-state index contributed by atoms with van der Waals surface area (Å²) in [6, 6.07) is 35.3. The van der Waals surface area contributed by atoms with Crippen molar-refractivity contribution in [3.05, 3.63) is 132 Å². The van der Waals surface area contributed by atoms with Crippen LogP contribution in [0.3, 0.4) is 0 Å². The highest BCUT2D eigenvalue weighted by molar-refractivity contribution is 5.98. The molecule has 0 spiro atoms. The van der Waals surface area contributed by atoms with Crippen molar-refractivity contribution in [3.63, 3.8) is 0 Å². The molecular weight excluding hydrogens is 490 g/mol. The molecule has 0 radical (unpaired) electrons. The second-order valence-electron chi connectivity index (χ2n) is 8.66. The highest BCUT2D eigenvalue weighted by Gasteiger charge is 2.19. The average molecular weight is 516 g/mol. The van der Waals surface area contributed by atoms with E-state index < -0.39 is 11.9 Å². The molecule has 0 fully saturated rings. The van der Waals surface area contributed by atoms with Gasteiger partial charge >= 0.3 is 5.97 Å². The molecule has 0 saturated heterocycles. The molecule has 5 aromatic rings. The van der Waals surface area contributed by atoms with Gasteiger partial charge in [0.1, 0.15) is 5.75 Å². The Kier molecular flexibility index (Phi) is 7.32. The minimum absolute atomic E-state index is 0.122. The lowest BCUT2D eigenvalue weighted by Gasteiger charge is -2.15. The fraction of sp³-hybridized carbons (Fsp3) is 0.0312. The van der Waals surface area contributed by atoms with Crippen LogP contribution in [0.2, 0.25) is 0 Å². The molecule has 0 atom stereocenters. The van der Waals surface area contributed by atoms with E-state index in [4.69, 9.17) is 4.74 Å². The molecule has 4 aromatic carbocycles. The molecule has 0 unspecified atom stereocenters. The Balaban J connectivity index is 1.64. The number of hydrogen-bond acceptors (Lipinski definition) is 5. The zero-order valence-corrected chi connectivity index (χ0v) is 21.1. The van der Waals surface area contributed by atoms with Crippen molar-refractivity contribution in [3.8, 4) is 34.0 Å². The first-order valence-corrected chi connectivity index (χ1v) is 12.2. The number of carbonyl (C=O) groups is 2. The van der Waals surface area contributed by atoms with Gasteiger partial charge in [0.25, 0.3) is 5.91 Å². The minimum atomic E-state index is -0.522. The van der Waals surface area contributed by atoms with E-state index in [9.17, 15) is 14.7 Å². The molecular formula is C32H25N3O4. The van der Waals surface area contributed by atoms with Gasteiger partial charge in [-0.3, -0.25) is 4.79 Å². The van der Waals surface area contributed by atoms with Gasteiger partial charge in [0.15, 0.2) is 0 Å². The number of hydrogen-bond donors (Lipinski definition) is 2. The fourth-order valence-corrected chi connectivity index (χ4v) is 4.36. The lowest BCUT2D eigenvalue weighted by Crippen LogP contribution is -2.17. The third-order valence-corrected chi connectivity index (χ3v) is 6.21. The number of hydrazone groups is 1. The Morgan fingerprint density at radius 2 is 1.44 bits per heavy atom. The van der Waals surface area contributed by atoms with Crippen molar-refractivity contribution < 1.29 is 19.4 Å². The second-order valence-corrected chi connectivity index (χ2v) is 8.66. The smallest absolute Gasteiger partial charge is 0.337 e. The third-order valence-electron chi connectivity index (χ3n) is 6.21. The van der Waals surface area contributed by atoms with Crippen molar-refractivity contribution in [2.75, 3.05) is 7.11 Å². The molecule has 7 heteroatoms. The number of para-hydroxylation sites is 1. The number of aromatic nitrogens is 1. The van der Waals surface area contributed by atoms with Crippen LogP contribution in [-0.2, 0) is 4.74 Å². The molecule has 5 rings (SSSR count). The number of amides is 1. The van der Waals surface area contributed by atoms with Crippen molar-refractivity contribution in [2.45, 2.75) is 0 Å². The number of methoxy groups -OCH3 is 1. The summed E-state index contributed by atoms with van der Waals surface area (Å²) in [5, 5.41) is 14.2. The highest BCUT2D eigenvalue weighted by atomic mass is 16.5. The van der Waals surface area contributed by atoms with Crippen molar-refractivity contribution >= 4 is 18.1 Å². The standard InChI is InChI=1S/C32H25N3O4/c1-39-32(38)24-16-18-26(19-17-24)35-28(22-10-4-2-5-11-22)20-25(30(35)23-12-6-3-7-13-23)21-33-34-31(37)27-14-8-9-15-29(27)36/h2-21,36H,1H3,(H,34,37). The van der Waals surface area contributed by atoms with E-state index in [1.54, 1.807) is 30.5 Å². The molecule has 1 heterocycles. The third kappa shape index (κ3) is 5.33. The second kappa shape index (κ2) is 11.3. The van der Waals surface area contributed by atoms with E-state index in [0.29, 0.717) is 5.56 Å². The van der Waals surface area contributed by atoms with Crippen LogP contribution in [0.5, 0.6) is 5.75 Å². The first kappa shape index (κ1) is 25.2. The lowest BCUT2D eigenvalue weighted by atomic mass is 10.1. The van der Waals surface area contributed by atoms with E-state index in [-0.39, 0.29) is 11.3 Å². The number of phenolic OH excluding ortho intramolecular Hbond substituents is 1. The van der Waals surface area contributed by atoms with Crippen molar-refractivity contribution in [1.29, 1.82) is 0 Å². The molecule has 0 aliphatic carbocycles. The number of phenols is 1. The predicted octanol–water partition coefficient (Wildman–Crippen LogP) is 6.07. The summed E-state index contributed by atoms with van der Waals surface area (Å²) in [5.74, 6) is -1.05. The molecule has 0 aliphatic heterocycles. The molecule has 2 N–H and O–H groups in total. The lowest BCUT2D eigenvalue weighted by molar-refractivity contribution is 0.0600. The predicted molar refractivity (Wildman–Crippen MR) is 151 cm³/mol. The normalized spacial score (nSPS) is 10.9. The van der Waals surface area contributed by atoms with Crippen LogP contribution in [0.25, 0.3) is 28.2 Å². The summed E-state index contributed by atoms with van der Waals surface area (Å²) < 4.78 is 6.96. The summed E-state index contributed by atoms with van der Waals surface area (Å²) >= 11 is 0. The van der Waals surface area contributed by atoms with Gasteiger partial charge in [-0.2, -0.15) is 5.10 Å². The van der Waals surface area contributed by atoms with Crippen LogP contribution in [0.1, 0.15) is 26.3 Å². The minimum Gasteiger partial charge on any atom is -0.507 e. The number of esters is 1. The molecule has 192 valence electrons. The first-order valence-electron chi connectivity index (χ1n) is 12.2. The maximum Gasteiger partial charge on any atom is 0.337 e. The van der Waals surface area contributed by atoms with Crippen LogP contribution in [0, 0.1) is 0 Å². The quantitative estimate of drug-likeness (QED) is 0.156. The summed E-state index contributed by atoms with van der Waals surface area (Å²) in [7, 11) is 1.35. The van der Waals surface area contributed by atoms with Gasteiger partial charge in [-0.1, -0.05) is 72.8 Å².